The fourth-order valence-corrected chi connectivity index (χ4v) is 4.31. The molecule has 0 bridgehead atoms. The van der Waals surface area contributed by atoms with Crippen LogP contribution in [0.25, 0.3) is 5.65 Å². The summed E-state index contributed by atoms with van der Waals surface area (Å²) in [5.74, 6) is -3.96. The smallest absolute Gasteiger partial charge is 0.475 e. The molecule has 2 aliphatic rings. The summed E-state index contributed by atoms with van der Waals surface area (Å²) in [6.45, 7) is 4.31. The first-order chi connectivity index (χ1) is 19.6. The number of hydrogen-bond donors (Lipinski definition) is 2. The molecule has 0 aliphatic carbocycles. The van der Waals surface area contributed by atoms with Gasteiger partial charge in [-0.15, -0.1) is 0 Å². The highest BCUT2D eigenvalue weighted by Crippen LogP contribution is 2.28. The third-order valence-electron chi connectivity index (χ3n) is 6.41. The molecule has 2 fully saturated rings. The molecule has 1 unspecified atom stereocenters. The SMILES string of the molecule is CN1CCN(C(=O)c2ccco2)CC1c1cn2c(N3CCCC3)cccc2n1.O=C(O)C(F)(F)F.O=C(O)C(F)(F)F. The number of carboxylic acids is 2. The van der Waals surface area contributed by atoms with Crippen molar-refractivity contribution in [2.45, 2.75) is 31.2 Å². The van der Waals surface area contributed by atoms with Crippen LogP contribution in [0.3, 0.4) is 0 Å². The van der Waals surface area contributed by atoms with Gasteiger partial charge in [0.25, 0.3) is 5.91 Å². The van der Waals surface area contributed by atoms with E-state index >= 15 is 0 Å². The summed E-state index contributed by atoms with van der Waals surface area (Å²) in [4.78, 5) is 42.0. The molecular weight excluding hydrogens is 580 g/mol. The van der Waals surface area contributed by atoms with Crippen LogP contribution in [0.15, 0.2) is 47.2 Å². The molecule has 2 aliphatic heterocycles. The molecule has 5 rings (SSSR count). The molecule has 0 radical (unpaired) electrons. The first-order valence-electron chi connectivity index (χ1n) is 12.5. The summed E-state index contributed by atoms with van der Waals surface area (Å²) >= 11 is 0. The molecule has 5 heterocycles. The van der Waals surface area contributed by atoms with E-state index in [4.69, 9.17) is 29.2 Å². The van der Waals surface area contributed by atoms with Gasteiger partial charge in [-0.05, 0) is 44.2 Å². The van der Waals surface area contributed by atoms with Crippen LogP contribution in [0, 0.1) is 0 Å². The van der Waals surface area contributed by atoms with Crippen molar-refractivity contribution < 1.29 is 55.4 Å². The van der Waals surface area contributed by atoms with E-state index in [0.29, 0.717) is 18.8 Å². The Morgan fingerprint density at radius 3 is 2.02 bits per heavy atom. The number of rotatable bonds is 3. The number of hydrogen-bond acceptors (Lipinski definition) is 7. The zero-order chi connectivity index (χ0) is 31.2. The number of carbonyl (C=O) groups is 3. The lowest BCUT2D eigenvalue weighted by atomic mass is 10.1. The Hall–Kier alpha value is -4.28. The number of fused-ring (bicyclic) bond motifs is 1. The van der Waals surface area contributed by atoms with Crippen molar-refractivity contribution in [2.24, 2.45) is 0 Å². The summed E-state index contributed by atoms with van der Waals surface area (Å²) in [6.07, 6.45) is -3.99. The summed E-state index contributed by atoms with van der Waals surface area (Å²) < 4.78 is 71.0. The number of aromatic nitrogens is 2. The number of imidazole rings is 1. The minimum atomic E-state index is -5.08. The molecule has 2 saturated heterocycles. The number of nitrogens with zero attached hydrogens (tertiary/aromatic N) is 5. The molecule has 0 saturated carbocycles. The fraction of sp³-hybridized carbons (Fsp3) is 0.440. The number of amides is 1. The first kappa shape index (κ1) is 32.2. The van der Waals surface area contributed by atoms with Crippen LogP contribution in [0.1, 0.15) is 35.1 Å². The van der Waals surface area contributed by atoms with Crippen LogP contribution in [0.2, 0.25) is 0 Å². The lowest BCUT2D eigenvalue weighted by molar-refractivity contribution is -0.193. The van der Waals surface area contributed by atoms with Crippen molar-refractivity contribution in [3.63, 3.8) is 0 Å². The second-order valence-electron chi connectivity index (χ2n) is 9.30. The standard InChI is InChI=1S/C21H25N5O2.2C2HF3O2/c1-23-11-12-25(21(27)18-6-5-13-28-18)15-17(23)16-14-26-19(22-16)7-4-8-20(26)24-9-2-3-10-24;2*3-2(4,5)1(6)7/h4-8,13-14,17H,2-3,9-12,15H2,1H3;2*(H,6,7). The van der Waals surface area contributed by atoms with Crippen LogP contribution < -0.4 is 4.90 Å². The molecule has 0 aromatic carbocycles. The highest BCUT2D eigenvalue weighted by atomic mass is 19.4. The maximum Gasteiger partial charge on any atom is 0.490 e. The number of alkyl halides is 6. The normalized spacial score (nSPS) is 17.7. The number of piperazine rings is 1. The van der Waals surface area contributed by atoms with Gasteiger partial charge >= 0.3 is 24.3 Å². The van der Waals surface area contributed by atoms with E-state index in [-0.39, 0.29) is 11.9 Å². The summed E-state index contributed by atoms with van der Waals surface area (Å²) in [5.41, 5.74) is 1.97. The maximum absolute atomic E-state index is 12.7. The molecule has 17 heteroatoms. The number of likely N-dealkylation sites (N-methyl/N-ethyl adjacent to an activating group) is 1. The molecule has 2 N–H and O–H groups in total. The second-order valence-corrected chi connectivity index (χ2v) is 9.30. The quantitative estimate of drug-likeness (QED) is 0.426. The van der Waals surface area contributed by atoms with E-state index in [1.165, 1.54) is 18.7 Å². The van der Waals surface area contributed by atoms with E-state index < -0.39 is 24.3 Å². The summed E-state index contributed by atoms with van der Waals surface area (Å²) in [6, 6.07) is 9.85. The van der Waals surface area contributed by atoms with Crippen molar-refractivity contribution in [1.82, 2.24) is 19.2 Å². The molecule has 0 spiro atoms. The number of carboxylic acid groups (broad SMARTS) is 2. The van der Waals surface area contributed by atoms with Crippen LogP contribution in [-0.4, -0.2) is 99.4 Å². The van der Waals surface area contributed by atoms with Gasteiger partial charge in [-0.3, -0.25) is 14.1 Å². The van der Waals surface area contributed by atoms with E-state index in [9.17, 15) is 31.1 Å². The Morgan fingerprint density at radius 2 is 1.50 bits per heavy atom. The number of anilines is 1. The van der Waals surface area contributed by atoms with Gasteiger partial charge in [0.2, 0.25) is 0 Å². The highest BCUT2D eigenvalue weighted by molar-refractivity contribution is 5.91. The number of carbonyl (C=O) groups excluding carboxylic acids is 1. The van der Waals surface area contributed by atoms with Crippen molar-refractivity contribution in [3.8, 4) is 0 Å². The number of halogens is 6. The molecule has 11 nitrogen and oxygen atoms in total. The van der Waals surface area contributed by atoms with Gasteiger partial charge < -0.3 is 24.4 Å². The van der Waals surface area contributed by atoms with Crippen LogP contribution in [0.4, 0.5) is 32.2 Å². The Bertz CT molecular complexity index is 1340. The Morgan fingerprint density at radius 1 is 0.905 bits per heavy atom. The van der Waals surface area contributed by atoms with E-state index in [2.05, 4.69) is 45.6 Å². The fourth-order valence-electron chi connectivity index (χ4n) is 4.31. The van der Waals surface area contributed by atoms with Gasteiger partial charge in [0.15, 0.2) is 5.76 Å². The molecule has 230 valence electrons. The van der Waals surface area contributed by atoms with Gasteiger partial charge in [-0.1, -0.05) is 6.07 Å². The molecule has 3 aromatic rings. The van der Waals surface area contributed by atoms with E-state index in [1.807, 2.05) is 4.90 Å². The second kappa shape index (κ2) is 13.1. The molecule has 1 atom stereocenters. The van der Waals surface area contributed by atoms with Crippen molar-refractivity contribution in [3.05, 3.63) is 54.2 Å². The molecule has 3 aromatic heterocycles. The number of aliphatic carboxylic acids is 2. The largest absolute Gasteiger partial charge is 0.490 e. The van der Waals surface area contributed by atoms with Crippen LogP contribution in [0.5, 0.6) is 0 Å². The first-order valence-corrected chi connectivity index (χ1v) is 12.5. The zero-order valence-electron chi connectivity index (χ0n) is 22.1. The van der Waals surface area contributed by atoms with Gasteiger partial charge in [0.05, 0.1) is 18.0 Å². The van der Waals surface area contributed by atoms with Crippen molar-refractivity contribution in [2.75, 3.05) is 44.7 Å². The summed E-state index contributed by atoms with van der Waals surface area (Å²) in [7, 11) is 2.10. The third kappa shape index (κ3) is 8.14. The summed E-state index contributed by atoms with van der Waals surface area (Å²) in [5, 5.41) is 14.2. The maximum atomic E-state index is 12.7. The topological polar surface area (TPSA) is 132 Å². The Balaban J connectivity index is 0.000000289. The van der Waals surface area contributed by atoms with E-state index in [0.717, 1.165) is 31.0 Å². The predicted octanol–water partition coefficient (Wildman–Crippen LogP) is 3.92. The Kier molecular flexibility index (Phi) is 10.1. The van der Waals surface area contributed by atoms with Crippen molar-refractivity contribution in [1.29, 1.82) is 0 Å². The van der Waals surface area contributed by atoms with Gasteiger partial charge in [-0.25, -0.2) is 14.6 Å². The third-order valence-corrected chi connectivity index (χ3v) is 6.41. The molecule has 1 amide bonds. The average molecular weight is 608 g/mol. The van der Waals surface area contributed by atoms with E-state index in [1.54, 1.807) is 18.4 Å². The minimum absolute atomic E-state index is 0.0513. The molecular formula is C25H27F6N5O6. The van der Waals surface area contributed by atoms with Crippen LogP contribution >= 0.6 is 0 Å². The highest BCUT2D eigenvalue weighted by Gasteiger charge is 2.39. The monoisotopic (exact) mass is 607 g/mol. The van der Waals surface area contributed by atoms with Gasteiger partial charge in [0.1, 0.15) is 11.5 Å². The predicted molar refractivity (Wildman–Crippen MR) is 134 cm³/mol. The lowest BCUT2D eigenvalue weighted by Gasteiger charge is -2.38. The van der Waals surface area contributed by atoms with Crippen molar-refractivity contribution >= 4 is 29.3 Å². The zero-order valence-corrected chi connectivity index (χ0v) is 22.1. The van der Waals surface area contributed by atoms with Gasteiger partial charge in [0, 0.05) is 38.9 Å². The molecule has 42 heavy (non-hydrogen) atoms. The Labute approximate surface area is 234 Å². The van der Waals surface area contributed by atoms with Gasteiger partial charge in [-0.2, -0.15) is 26.3 Å². The number of furan rings is 1. The number of pyridine rings is 1. The van der Waals surface area contributed by atoms with Crippen LogP contribution in [-0.2, 0) is 9.59 Å². The average Bonchev–Trinajstić information content (AvgIpc) is 3.70. The minimum Gasteiger partial charge on any atom is -0.475 e. The lowest BCUT2D eigenvalue weighted by Crippen LogP contribution is -2.49.